The average Bonchev–Trinajstić information content (AvgIpc) is 2.53. The van der Waals surface area contributed by atoms with Gasteiger partial charge in [-0.15, -0.1) is 0 Å². The molecule has 0 heterocycles. The maximum atomic E-state index is 3.84. The fourth-order valence-electron chi connectivity index (χ4n) is 3.79. The van der Waals surface area contributed by atoms with Crippen LogP contribution in [0.4, 0.5) is 0 Å². The second-order valence-corrected chi connectivity index (χ2v) is 7.32. The van der Waals surface area contributed by atoms with E-state index in [0.717, 1.165) is 34.4 Å². The molecule has 2 saturated carbocycles. The SMILES string of the molecule is CC1CCC(C2CCC(Br)C2C)CC1C. The lowest BCUT2D eigenvalue weighted by atomic mass is 9.69. The molecule has 2 aliphatic rings. The molecule has 0 amide bonds. The third-order valence-corrected chi connectivity index (χ3v) is 6.56. The molecule has 0 saturated heterocycles. The molecule has 88 valence electrons. The van der Waals surface area contributed by atoms with Gasteiger partial charge in [0.15, 0.2) is 0 Å². The molecule has 0 aromatic carbocycles. The predicted octanol–water partition coefficient (Wildman–Crippen LogP) is 4.87. The van der Waals surface area contributed by atoms with Crippen LogP contribution in [-0.4, -0.2) is 4.83 Å². The third-order valence-electron chi connectivity index (χ3n) is 5.27. The number of alkyl halides is 1. The highest BCUT2D eigenvalue weighted by Crippen LogP contribution is 2.47. The van der Waals surface area contributed by atoms with E-state index < -0.39 is 0 Å². The van der Waals surface area contributed by atoms with Gasteiger partial charge in [-0.2, -0.15) is 0 Å². The summed E-state index contributed by atoms with van der Waals surface area (Å²) < 4.78 is 0. The molecule has 1 heteroatoms. The van der Waals surface area contributed by atoms with E-state index in [2.05, 4.69) is 36.7 Å². The zero-order valence-electron chi connectivity index (χ0n) is 10.4. The lowest BCUT2D eigenvalue weighted by Crippen LogP contribution is -2.28. The van der Waals surface area contributed by atoms with Crippen LogP contribution >= 0.6 is 15.9 Å². The van der Waals surface area contributed by atoms with Crippen molar-refractivity contribution < 1.29 is 0 Å². The molecule has 6 atom stereocenters. The van der Waals surface area contributed by atoms with Crippen molar-refractivity contribution in [3.05, 3.63) is 0 Å². The summed E-state index contributed by atoms with van der Waals surface area (Å²) in [5.41, 5.74) is 0. The van der Waals surface area contributed by atoms with Crippen molar-refractivity contribution in [2.24, 2.45) is 29.6 Å². The Morgan fingerprint density at radius 3 is 2.13 bits per heavy atom. The van der Waals surface area contributed by atoms with Crippen molar-refractivity contribution >= 4 is 15.9 Å². The fourth-order valence-corrected chi connectivity index (χ4v) is 4.45. The largest absolute Gasteiger partial charge is 0.0888 e. The summed E-state index contributed by atoms with van der Waals surface area (Å²) >= 11 is 3.84. The van der Waals surface area contributed by atoms with E-state index in [-0.39, 0.29) is 0 Å². The van der Waals surface area contributed by atoms with Crippen molar-refractivity contribution in [1.82, 2.24) is 0 Å². The summed E-state index contributed by atoms with van der Waals surface area (Å²) in [6, 6.07) is 0. The average molecular weight is 273 g/mol. The maximum Gasteiger partial charge on any atom is 0.0174 e. The third kappa shape index (κ3) is 2.43. The highest BCUT2D eigenvalue weighted by atomic mass is 79.9. The van der Waals surface area contributed by atoms with E-state index in [0.29, 0.717) is 0 Å². The molecule has 0 aromatic rings. The molecule has 0 nitrogen and oxygen atoms in total. The second kappa shape index (κ2) is 4.77. The van der Waals surface area contributed by atoms with Gasteiger partial charge in [-0.3, -0.25) is 0 Å². The van der Waals surface area contributed by atoms with Gasteiger partial charge in [0.2, 0.25) is 0 Å². The molecule has 2 fully saturated rings. The number of rotatable bonds is 1. The van der Waals surface area contributed by atoms with Crippen LogP contribution < -0.4 is 0 Å². The van der Waals surface area contributed by atoms with Gasteiger partial charge >= 0.3 is 0 Å². The molecule has 0 aromatic heterocycles. The number of hydrogen-bond donors (Lipinski definition) is 0. The van der Waals surface area contributed by atoms with Gasteiger partial charge < -0.3 is 0 Å². The fraction of sp³-hybridized carbons (Fsp3) is 1.00. The first-order valence-electron chi connectivity index (χ1n) is 6.73. The number of halogens is 1. The van der Waals surface area contributed by atoms with Crippen LogP contribution in [0.3, 0.4) is 0 Å². The van der Waals surface area contributed by atoms with Gasteiger partial charge in [0.05, 0.1) is 0 Å². The monoisotopic (exact) mass is 272 g/mol. The van der Waals surface area contributed by atoms with Crippen LogP contribution in [-0.2, 0) is 0 Å². The summed E-state index contributed by atoms with van der Waals surface area (Å²) in [6.07, 6.45) is 7.35. The molecule has 0 radical (unpaired) electrons. The molecule has 0 aliphatic heterocycles. The van der Waals surface area contributed by atoms with Crippen molar-refractivity contribution in [3.63, 3.8) is 0 Å². The summed E-state index contributed by atoms with van der Waals surface area (Å²) in [5.74, 6) is 4.90. The first-order chi connectivity index (χ1) is 7.09. The van der Waals surface area contributed by atoms with Gasteiger partial charge in [-0.05, 0) is 55.3 Å². The minimum atomic E-state index is 0.803. The van der Waals surface area contributed by atoms with E-state index in [4.69, 9.17) is 0 Å². The molecule has 0 N–H and O–H groups in total. The van der Waals surface area contributed by atoms with Crippen LogP contribution in [0.5, 0.6) is 0 Å². The topological polar surface area (TPSA) is 0 Å². The van der Waals surface area contributed by atoms with Gasteiger partial charge in [0, 0.05) is 4.83 Å². The van der Waals surface area contributed by atoms with Gasteiger partial charge in [-0.1, -0.05) is 43.1 Å². The van der Waals surface area contributed by atoms with Gasteiger partial charge in [0.25, 0.3) is 0 Å². The van der Waals surface area contributed by atoms with Crippen LogP contribution in [0, 0.1) is 29.6 Å². The molecule has 0 spiro atoms. The Kier molecular flexibility index (Phi) is 3.80. The summed E-state index contributed by atoms with van der Waals surface area (Å²) in [5, 5.41) is 0. The quantitative estimate of drug-likeness (QED) is 0.598. The van der Waals surface area contributed by atoms with Crippen molar-refractivity contribution in [1.29, 1.82) is 0 Å². The smallest absolute Gasteiger partial charge is 0.0174 e. The first-order valence-corrected chi connectivity index (χ1v) is 7.65. The Hall–Kier alpha value is 0.480. The highest BCUT2D eigenvalue weighted by molar-refractivity contribution is 9.09. The van der Waals surface area contributed by atoms with Crippen molar-refractivity contribution in [2.75, 3.05) is 0 Å². The van der Waals surface area contributed by atoms with Crippen molar-refractivity contribution in [3.8, 4) is 0 Å². The predicted molar refractivity (Wildman–Crippen MR) is 70.3 cm³/mol. The molecular formula is C14H25Br. The Morgan fingerprint density at radius 2 is 1.60 bits per heavy atom. The Balaban J connectivity index is 1.94. The zero-order chi connectivity index (χ0) is 11.0. The Bertz CT molecular complexity index is 213. The van der Waals surface area contributed by atoms with Gasteiger partial charge in [0.1, 0.15) is 0 Å². The van der Waals surface area contributed by atoms with Crippen LogP contribution in [0.2, 0.25) is 0 Å². The van der Waals surface area contributed by atoms with Crippen LogP contribution in [0.25, 0.3) is 0 Å². The van der Waals surface area contributed by atoms with Crippen molar-refractivity contribution in [2.45, 2.75) is 57.7 Å². The minimum absolute atomic E-state index is 0.803. The van der Waals surface area contributed by atoms with E-state index in [9.17, 15) is 0 Å². The lowest BCUT2D eigenvalue weighted by Gasteiger charge is -2.37. The molecule has 15 heavy (non-hydrogen) atoms. The van der Waals surface area contributed by atoms with Crippen LogP contribution in [0.15, 0.2) is 0 Å². The normalized spacial score (nSPS) is 52.0. The Morgan fingerprint density at radius 1 is 0.867 bits per heavy atom. The summed E-state index contributed by atoms with van der Waals surface area (Å²) in [7, 11) is 0. The van der Waals surface area contributed by atoms with E-state index in [1.165, 1.54) is 32.1 Å². The van der Waals surface area contributed by atoms with E-state index >= 15 is 0 Å². The first kappa shape index (κ1) is 12.0. The van der Waals surface area contributed by atoms with E-state index in [1.54, 1.807) is 0 Å². The van der Waals surface area contributed by atoms with Gasteiger partial charge in [-0.25, -0.2) is 0 Å². The maximum absolute atomic E-state index is 3.84. The molecule has 0 bridgehead atoms. The number of hydrogen-bond acceptors (Lipinski definition) is 0. The summed E-state index contributed by atoms with van der Waals surface area (Å²) in [4.78, 5) is 0.803. The van der Waals surface area contributed by atoms with E-state index in [1.807, 2.05) is 0 Å². The second-order valence-electron chi connectivity index (χ2n) is 6.14. The molecule has 6 unspecified atom stereocenters. The molecule has 2 rings (SSSR count). The Labute approximate surface area is 103 Å². The van der Waals surface area contributed by atoms with Crippen LogP contribution in [0.1, 0.15) is 52.9 Å². The molecule has 2 aliphatic carbocycles. The highest BCUT2D eigenvalue weighted by Gasteiger charge is 2.38. The standard InChI is InChI=1S/C14H25Br/c1-9-4-5-12(8-10(9)2)13-6-7-14(15)11(13)3/h9-14H,4-8H2,1-3H3. The summed E-state index contributed by atoms with van der Waals surface area (Å²) in [6.45, 7) is 7.36. The zero-order valence-corrected chi connectivity index (χ0v) is 12.0. The minimum Gasteiger partial charge on any atom is -0.0888 e. The lowest BCUT2D eigenvalue weighted by molar-refractivity contribution is 0.138. The molecular weight excluding hydrogens is 248 g/mol.